The minimum Gasteiger partial charge on any atom is -0.493 e. The highest BCUT2D eigenvalue weighted by Crippen LogP contribution is 2.35. The van der Waals surface area contributed by atoms with Gasteiger partial charge in [-0.05, 0) is 30.7 Å². The summed E-state index contributed by atoms with van der Waals surface area (Å²) in [6.07, 6.45) is 2.37. The molecule has 0 bridgehead atoms. The molecule has 0 aliphatic carbocycles. The molecule has 1 aliphatic heterocycles. The number of aromatic nitrogens is 2. The Kier molecular flexibility index (Phi) is 7.01. The highest BCUT2D eigenvalue weighted by atomic mass is 35.5. The van der Waals surface area contributed by atoms with Gasteiger partial charge in [-0.15, -0.1) is 0 Å². The van der Waals surface area contributed by atoms with Crippen LogP contribution < -0.4 is 14.8 Å². The highest BCUT2D eigenvalue weighted by Gasteiger charge is 2.13. The van der Waals surface area contributed by atoms with Gasteiger partial charge in [0.25, 0.3) is 0 Å². The molecule has 7 nitrogen and oxygen atoms in total. The molecule has 0 unspecified atom stereocenters. The van der Waals surface area contributed by atoms with Gasteiger partial charge in [0.1, 0.15) is 18.0 Å². The molecule has 1 aliphatic rings. The molecule has 1 fully saturated rings. The summed E-state index contributed by atoms with van der Waals surface area (Å²) in [5.41, 5.74) is 1.32. The topological polar surface area (TPSA) is 68.7 Å². The quantitative estimate of drug-likeness (QED) is 0.518. The Balaban J connectivity index is 1.48. The number of hydrogen-bond acceptors (Lipinski definition) is 7. The van der Waals surface area contributed by atoms with Crippen LogP contribution >= 0.6 is 11.6 Å². The Labute approximate surface area is 185 Å². The van der Waals surface area contributed by atoms with Gasteiger partial charge < -0.3 is 19.5 Å². The van der Waals surface area contributed by atoms with Crippen LogP contribution in [-0.2, 0) is 4.74 Å². The largest absolute Gasteiger partial charge is 0.493 e. The van der Waals surface area contributed by atoms with Crippen molar-refractivity contribution < 1.29 is 18.6 Å². The first-order chi connectivity index (χ1) is 15.1. The lowest BCUT2D eigenvalue weighted by Gasteiger charge is -2.26. The van der Waals surface area contributed by atoms with Gasteiger partial charge in [-0.3, -0.25) is 4.90 Å². The van der Waals surface area contributed by atoms with Crippen molar-refractivity contribution in [2.45, 2.75) is 6.42 Å². The van der Waals surface area contributed by atoms with Gasteiger partial charge in [0.2, 0.25) is 0 Å². The molecule has 4 rings (SSSR count). The van der Waals surface area contributed by atoms with Crippen molar-refractivity contribution in [3.05, 3.63) is 47.5 Å². The first kappa shape index (κ1) is 21.5. The molecule has 0 atom stereocenters. The Bertz CT molecular complexity index is 1050. The number of anilines is 2. The predicted octanol–water partition coefficient (Wildman–Crippen LogP) is 4.28. The lowest BCUT2D eigenvalue weighted by molar-refractivity contribution is 0.0357. The molecule has 2 aromatic carbocycles. The number of fused-ring (bicyclic) bond motifs is 1. The highest BCUT2D eigenvalue weighted by molar-refractivity contribution is 6.31. The van der Waals surface area contributed by atoms with Crippen LogP contribution in [0.2, 0.25) is 5.02 Å². The first-order valence-electron chi connectivity index (χ1n) is 10.1. The maximum absolute atomic E-state index is 13.4. The summed E-state index contributed by atoms with van der Waals surface area (Å²) < 4.78 is 30.3. The van der Waals surface area contributed by atoms with E-state index in [1.807, 2.05) is 12.1 Å². The maximum Gasteiger partial charge on any atom is 0.163 e. The molecule has 9 heteroatoms. The van der Waals surface area contributed by atoms with Gasteiger partial charge in [0, 0.05) is 36.8 Å². The average molecular weight is 447 g/mol. The molecule has 31 heavy (non-hydrogen) atoms. The monoisotopic (exact) mass is 446 g/mol. The standard InChI is InChI=1S/C22H24ClFN4O3/c1-29-20-12-16-19(13-21(20)31-8-2-5-28-6-9-30-10-7-28)25-14-26-22(16)27-15-3-4-18(24)17(23)11-15/h3-4,11-14H,2,5-10H2,1H3,(H,25,26,27). The number of benzene rings is 2. The minimum absolute atomic E-state index is 0.0358. The van der Waals surface area contributed by atoms with Crippen LogP contribution in [0, 0.1) is 5.82 Å². The fraction of sp³-hybridized carbons (Fsp3) is 0.364. The van der Waals surface area contributed by atoms with E-state index in [1.165, 1.54) is 18.5 Å². The van der Waals surface area contributed by atoms with E-state index < -0.39 is 5.82 Å². The first-order valence-corrected chi connectivity index (χ1v) is 10.5. The lowest BCUT2D eigenvalue weighted by atomic mass is 10.2. The summed E-state index contributed by atoms with van der Waals surface area (Å²) in [5, 5.41) is 3.95. The van der Waals surface area contributed by atoms with Gasteiger partial charge in [0.05, 0.1) is 37.5 Å². The van der Waals surface area contributed by atoms with Gasteiger partial charge in [-0.2, -0.15) is 0 Å². The zero-order valence-electron chi connectivity index (χ0n) is 17.2. The summed E-state index contributed by atoms with van der Waals surface area (Å²) in [7, 11) is 1.60. The molecule has 0 radical (unpaired) electrons. The molecular weight excluding hydrogens is 423 g/mol. The predicted molar refractivity (Wildman–Crippen MR) is 118 cm³/mol. The van der Waals surface area contributed by atoms with Crippen molar-refractivity contribution in [1.29, 1.82) is 0 Å². The minimum atomic E-state index is -0.475. The molecule has 1 aromatic heterocycles. The van der Waals surface area contributed by atoms with Crippen LogP contribution in [0.3, 0.4) is 0 Å². The summed E-state index contributed by atoms with van der Waals surface area (Å²) in [5.74, 6) is 1.31. The molecule has 2 heterocycles. The second kappa shape index (κ2) is 10.1. The summed E-state index contributed by atoms with van der Waals surface area (Å²) in [6, 6.07) is 8.08. The molecule has 0 amide bonds. The number of nitrogens with zero attached hydrogens (tertiary/aromatic N) is 3. The molecule has 1 N–H and O–H groups in total. The third-order valence-corrected chi connectivity index (χ3v) is 5.37. The Hall–Kier alpha value is -2.68. The zero-order valence-corrected chi connectivity index (χ0v) is 18.0. The van der Waals surface area contributed by atoms with Gasteiger partial charge in [0.15, 0.2) is 11.5 Å². The third-order valence-electron chi connectivity index (χ3n) is 5.08. The van der Waals surface area contributed by atoms with E-state index in [9.17, 15) is 4.39 Å². The molecule has 1 saturated heterocycles. The van der Waals surface area contributed by atoms with Crippen molar-refractivity contribution in [1.82, 2.24) is 14.9 Å². The number of hydrogen-bond donors (Lipinski definition) is 1. The number of rotatable bonds is 8. The Morgan fingerprint density at radius 3 is 2.77 bits per heavy atom. The Morgan fingerprint density at radius 2 is 2.00 bits per heavy atom. The fourth-order valence-electron chi connectivity index (χ4n) is 3.44. The van der Waals surface area contributed by atoms with E-state index in [0.717, 1.165) is 44.7 Å². The van der Waals surface area contributed by atoms with Crippen LogP contribution in [0.4, 0.5) is 15.9 Å². The average Bonchev–Trinajstić information content (AvgIpc) is 2.79. The summed E-state index contributed by atoms with van der Waals surface area (Å²) in [6.45, 7) is 5.05. The van der Waals surface area contributed by atoms with Gasteiger partial charge >= 0.3 is 0 Å². The van der Waals surface area contributed by atoms with Gasteiger partial charge in [-0.1, -0.05) is 11.6 Å². The van der Waals surface area contributed by atoms with Gasteiger partial charge in [-0.25, -0.2) is 14.4 Å². The van der Waals surface area contributed by atoms with Crippen LogP contribution in [0.5, 0.6) is 11.5 Å². The van der Waals surface area contributed by atoms with Crippen molar-refractivity contribution in [3.8, 4) is 11.5 Å². The third kappa shape index (κ3) is 5.33. The second-order valence-corrected chi connectivity index (χ2v) is 7.56. The normalized spacial score (nSPS) is 14.5. The number of morpholine rings is 1. The van der Waals surface area contributed by atoms with E-state index in [0.29, 0.717) is 35.1 Å². The number of ether oxygens (including phenoxy) is 3. The van der Waals surface area contributed by atoms with Crippen LogP contribution in [0.25, 0.3) is 10.9 Å². The smallest absolute Gasteiger partial charge is 0.163 e. The van der Waals surface area contributed by atoms with E-state index in [4.69, 9.17) is 25.8 Å². The number of nitrogens with one attached hydrogen (secondary N) is 1. The van der Waals surface area contributed by atoms with Crippen molar-refractivity contribution >= 4 is 34.0 Å². The Morgan fingerprint density at radius 1 is 1.16 bits per heavy atom. The van der Waals surface area contributed by atoms with Crippen LogP contribution in [0.15, 0.2) is 36.7 Å². The van der Waals surface area contributed by atoms with E-state index in [1.54, 1.807) is 13.2 Å². The molecule has 164 valence electrons. The van der Waals surface area contributed by atoms with Crippen molar-refractivity contribution in [2.75, 3.05) is 51.9 Å². The van der Waals surface area contributed by atoms with Crippen molar-refractivity contribution in [3.63, 3.8) is 0 Å². The zero-order chi connectivity index (χ0) is 21.6. The van der Waals surface area contributed by atoms with Crippen LogP contribution in [-0.4, -0.2) is 61.4 Å². The molecule has 0 spiro atoms. The lowest BCUT2D eigenvalue weighted by Crippen LogP contribution is -2.37. The molecule has 0 saturated carbocycles. The van der Waals surface area contributed by atoms with E-state index in [-0.39, 0.29) is 5.02 Å². The van der Waals surface area contributed by atoms with E-state index in [2.05, 4.69) is 20.2 Å². The number of halogens is 2. The fourth-order valence-corrected chi connectivity index (χ4v) is 3.62. The number of methoxy groups -OCH3 is 1. The maximum atomic E-state index is 13.4. The van der Waals surface area contributed by atoms with Crippen LogP contribution in [0.1, 0.15) is 6.42 Å². The summed E-state index contributed by atoms with van der Waals surface area (Å²) >= 11 is 5.88. The molecular formula is C22H24ClFN4O3. The molecule has 3 aromatic rings. The second-order valence-electron chi connectivity index (χ2n) is 7.15. The SMILES string of the molecule is COc1cc2c(Nc3ccc(F)c(Cl)c3)ncnc2cc1OCCCN1CCOCC1. The van der Waals surface area contributed by atoms with E-state index >= 15 is 0 Å². The summed E-state index contributed by atoms with van der Waals surface area (Å²) in [4.78, 5) is 11.0. The van der Waals surface area contributed by atoms with Crippen molar-refractivity contribution in [2.24, 2.45) is 0 Å².